The molecule has 1 aromatic heterocycles. The Labute approximate surface area is 147 Å². The van der Waals surface area contributed by atoms with Crippen LogP contribution in [-0.2, 0) is 0 Å². The Hall–Kier alpha value is -3.68. The molecule has 2 N–H and O–H groups in total. The van der Waals surface area contributed by atoms with Gasteiger partial charge in [0.15, 0.2) is 23.0 Å². The van der Waals surface area contributed by atoms with E-state index in [1.54, 1.807) is 30.3 Å². The Bertz CT molecular complexity index is 963. The molecule has 3 aromatic rings. The zero-order chi connectivity index (χ0) is 17.9. The molecule has 0 saturated carbocycles. The van der Waals surface area contributed by atoms with Gasteiger partial charge in [0, 0.05) is 11.8 Å². The lowest BCUT2D eigenvalue weighted by atomic mass is 10.2. The van der Waals surface area contributed by atoms with Gasteiger partial charge < -0.3 is 20.1 Å². The van der Waals surface area contributed by atoms with Crippen LogP contribution in [0.25, 0.3) is 0 Å². The number of ether oxygens (including phenoxy) is 2. The quantitative estimate of drug-likeness (QED) is 0.749. The highest BCUT2D eigenvalue weighted by Crippen LogP contribution is 2.34. The summed E-state index contributed by atoms with van der Waals surface area (Å²) < 4.78 is 24.2. The number of nitrogens with one attached hydrogen (secondary N) is 2. The topological polar surface area (TPSA) is 85.4 Å². The number of anilines is 3. The fourth-order valence-corrected chi connectivity index (χ4v) is 2.39. The summed E-state index contributed by atoms with van der Waals surface area (Å²) in [6, 6.07) is 14.4. The van der Waals surface area contributed by atoms with E-state index in [0.29, 0.717) is 17.3 Å². The first-order valence-electron chi connectivity index (χ1n) is 7.75. The van der Waals surface area contributed by atoms with Gasteiger partial charge in [0.2, 0.25) is 6.79 Å². The van der Waals surface area contributed by atoms with Crippen LogP contribution in [0, 0.1) is 5.82 Å². The van der Waals surface area contributed by atoms with Crippen molar-refractivity contribution in [1.82, 2.24) is 10.2 Å². The number of aromatic nitrogens is 2. The van der Waals surface area contributed by atoms with E-state index in [1.807, 2.05) is 6.07 Å². The van der Waals surface area contributed by atoms with Crippen molar-refractivity contribution in [2.45, 2.75) is 0 Å². The molecule has 1 amide bonds. The molecule has 0 radical (unpaired) electrons. The minimum atomic E-state index is -0.544. The van der Waals surface area contributed by atoms with E-state index in [2.05, 4.69) is 20.8 Å². The van der Waals surface area contributed by atoms with Crippen LogP contribution in [0.3, 0.4) is 0 Å². The predicted molar refractivity (Wildman–Crippen MR) is 92.2 cm³/mol. The molecule has 2 heterocycles. The van der Waals surface area contributed by atoms with Gasteiger partial charge in [-0.15, -0.1) is 10.2 Å². The van der Waals surface area contributed by atoms with Crippen LogP contribution in [0.1, 0.15) is 10.5 Å². The third kappa shape index (κ3) is 3.25. The third-order valence-corrected chi connectivity index (χ3v) is 3.66. The van der Waals surface area contributed by atoms with Crippen molar-refractivity contribution >= 4 is 23.1 Å². The lowest BCUT2D eigenvalue weighted by Crippen LogP contribution is -2.15. The van der Waals surface area contributed by atoms with E-state index in [1.165, 1.54) is 18.2 Å². The van der Waals surface area contributed by atoms with Crippen LogP contribution in [0.2, 0.25) is 0 Å². The molecule has 0 saturated heterocycles. The first-order valence-corrected chi connectivity index (χ1v) is 7.75. The van der Waals surface area contributed by atoms with Crippen LogP contribution in [0.4, 0.5) is 21.6 Å². The fraction of sp³-hybridized carbons (Fsp3) is 0.0556. The van der Waals surface area contributed by atoms with Gasteiger partial charge in [-0.3, -0.25) is 4.79 Å². The van der Waals surface area contributed by atoms with E-state index in [0.717, 1.165) is 5.69 Å². The SMILES string of the molecule is O=C(Nc1ccccc1F)c1ccc(Nc2ccc3c(c2)OCO3)nn1. The highest BCUT2D eigenvalue weighted by molar-refractivity contribution is 6.02. The van der Waals surface area contributed by atoms with E-state index < -0.39 is 11.7 Å². The first kappa shape index (κ1) is 15.8. The summed E-state index contributed by atoms with van der Waals surface area (Å²) in [6.45, 7) is 0.199. The maximum Gasteiger partial charge on any atom is 0.276 e. The van der Waals surface area contributed by atoms with E-state index >= 15 is 0 Å². The summed E-state index contributed by atoms with van der Waals surface area (Å²) in [5.41, 5.74) is 0.901. The number of hydrogen-bond donors (Lipinski definition) is 2. The number of amides is 1. The second-order valence-electron chi connectivity index (χ2n) is 5.43. The molecule has 4 rings (SSSR count). The monoisotopic (exact) mass is 352 g/mol. The average Bonchev–Trinajstić information content (AvgIpc) is 3.12. The maximum absolute atomic E-state index is 13.6. The number of halogens is 1. The van der Waals surface area contributed by atoms with Crippen LogP contribution in [-0.4, -0.2) is 22.9 Å². The normalized spacial score (nSPS) is 11.9. The average molecular weight is 352 g/mol. The number of carbonyl (C=O) groups is 1. The van der Waals surface area contributed by atoms with Crippen molar-refractivity contribution in [2.24, 2.45) is 0 Å². The summed E-state index contributed by atoms with van der Waals surface area (Å²) in [5.74, 6) is 0.712. The second kappa shape index (κ2) is 6.67. The second-order valence-corrected chi connectivity index (χ2v) is 5.43. The summed E-state index contributed by atoms with van der Waals surface area (Å²) in [5, 5.41) is 13.3. The van der Waals surface area contributed by atoms with Gasteiger partial charge >= 0.3 is 0 Å². The molecule has 2 aromatic carbocycles. The molecule has 0 fully saturated rings. The molecule has 0 bridgehead atoms. The molecular weight excluding hydrogens is 339 g/mol. The zero-order valence-electron chi connectivity index (χ0n) is 13.4. The Morgan fingerprint density at radius 2 is 1.85 bits per heavy atom. The zero-order valence-corrected chi connectivity index (χ0v) is 13.4. The molecule has 8 heteroatoms. The number of hydrogen-bond acceptors (Lipinski definition) is 6. The van der Waals surface area contributed by atoms with E-state index in [9.17, 15) is 9.18 Å². The molecule has 0 aliphatic carbocycles. The van der Waals surface area contributed by atoms with Crippen LogP contribution in [0.15, 0.2) is 54.6 Å². The number of para-hydroxylation sites is 1. The molecule has 0 unspecified atom stereocenters. The van der Waals surface area contributed by atoms with Gasteiger partial charge in [0.1, 0.15) is 5.82 Å². The summed E-state index contributed by atoms with van der Waals surface area (Å²) in [6.07, 6.45) is 0. The number of fused-ring (bicyclic) bond motifs is 1. The lowest BCUT2D eigenvalue weighted by molar-refractivity contribution is 0.102. The van der Waals surface area contributed by atoms with Crippen LogP contribution in [0.5, 0.6) is 11.5 Å². The third-order valence-electron chi connectivity index (χ3n) is 3.66. The fourth-order valence-electron chi connectivity index (χ4n) is 2.39. The molecule has 26 heavy (non-hydrogen) atoms. The lowest BCUT2D eigenvalue weighted by Gasteiger charge is -2.07. The van der Waals surface area contributed by atoms with E-state index in [4.69, 9.17) is 9.47 Å². The standard InChI is InChI=1S/C18H13FN4O3/c19-12-3-1-2-4-13(12)21-18(24)14-6-8-17(23-22-14)20-11-5-7-15-16(9-11)26-10-25-15/h1-9H,10H2,(H,20,23)(H,21,24). The summed E-state index contributed by atoms with van der Waals surface area (Å²) in [4.78, 5) is 12.1. The minimum Gasteiger partial charge on any atom is -0.454 e. The number of carbonyl (C=O) groups excluding carboxylic acids is 1. The number of nitrogens with zero attached hydrogens (tertiary/aromatic N) is 2. The van der Waals surface area contributed by atoms with Crippen LogP contribution < -0.4 is 20.1 Å². The molecule has 7 nitrogen and oxygen atoms in total. The highest BCUT2D eigenvalue weighted by atomic mass is 19.1. The first-order chi connectivity index (χ1) is 12.7. The van der Waals surface area contributed by atoms with Crippen molar-refractivity contribution in [1.29, 1.82) is 0 Å². The number of rotatable bonds is 4. The molecular formula is C18H13FN4O3. The molecule has 0 spiro atoms. The Balaban J connectivity index is 1.45. The van der Waals surface area contributed by atoms with Gasteiger partial charge in [-0.05, 0) is 36.4 Å². The molecule has 130 valence electrons. The van der Waals surface area contributed by atoms with Gasteiger partial charge in [-0.1, -0.05) is 12.1 Å². The number of benzene rings is 2. The van der Waals surface area contributed by atoms with Gasteiger partial charge in [-0.25, -0.2) is 4.39 Å². The van der Waals surface area contributed by atoms with Crippen molar-refractivity contribution in [2.75, 3.05) is 17.4 Å². The highest BCUT2D eigenvalue weighted by Gasteiger charge is 2.14. The Morgan fingerprint density at radius 1 is 1.00 bits per heavy atom. The van der Waals surface area contributed by atoms with E-state index in [-0.39, 0.29) is 18.2 Å². The van der Waals surface area contributed by atoms with Gasteiger partial charge in [0.25, 0.3) is 5.91 Å². The largest absolute Gasteiger partial charge is 0.454 e. The summed E-state index contributed by atoms with van der Waals surface area (Å²) >= 11 is 0. The van der Waals surface area contributed by atoms with Crippen molar-refractivity contribution < 1.29 is 18.7 Å². The van der Waals surface area contributed by atoms with Gasteiger partial charge in [-0.2, -0.15) is 0 Å². The molecule has 1 aliphatic rings. The van der Waals surface area contributed by atoms with Crippen LogP contribution >= 0.6 is 0 Å². The Kier molecular flexibility index (Phi) is 4.06. The maximum atomic E-state index is 13.6. The van der Waals surface area contributed by atoms with Crippen molar-refractivity contribution in [3.63, 3.8) is 0 Å². The smallest absolute Gasteiger partial charge is 0.276 e. The van der Waals surface area contributed by atoms with Crippen molar-refractivity contribution in [3.8, 4) is 11.5 Å². The predicted octanol–water partition coefficient (Wildman–Crippen LogP) is 3.34. The van der Waals surface area contributed by atoms with Crippen molar-refractivity contribution in [3.05, 3.63) is 66.1 Å². The molecule has 1 aliphatic heterocycles. The minimum absolute atomic E-state index is 0.0736. The Morgan fingerprint density at radius 3 is 2.65 bits per heavy atom. The molecule has 0 atom stereocenters. The van der Waals surface area contributed by atoms with Gasteiger partial charge in [0.05, 0.1) is 5.69 Å². The summed E-state index contributed by atoms with van der Waals surface area (Å²) in [7, 11) is 0.